The largest absolute Gasteiger partial charge is 3.00 e. The third-order valence-electron chi connectivity index (χ3n) is 3.12. The quantitative estimate of drug-likeness (QED) is 0.232. The van der Waals surface area contributed by atoms with Gasteiger partial charge in [-0.25, -0.2) is 0 Å². The summed E-state index contributed by atoms with van der Waals surface area (Å²) in [6, 6.07) is 0. The van der Waals surface area contributed by atoms with Crippen LogP contribution in [-0.4, -0.2) is 47.7 Å². The molecule has 0 aromatic heterocycles. The molecule has 0 bridgehead atoms. The molecule has 0 radical (unpaired) electrons. The molecule has 3 unspecified atom stereocenters. The molecular formula is C12H3Cl9N3O6Tb. The molecule has 9 nitrogen and oxygen atoms in total. The maximum Gasteiger partial charge on any atom is 3.00 e. The van der Waals surface area contributed by atoms with Crippen LogP contribution in [0.3, 0.4) is 0 Å². The zero-order valence-electron chi connectivity index (χ0n) is 13.8. The Morgan fingerprint density at radius 1 is 0.581 bits per heavy atom. The van der Waals surface area contributed by atoms with Gasteiger partial charge in [0, 0.05) is 35.3 Å². The first-order valence-corrected chi connectivity index (χ1v) is 10.2. The van der Waals surface area contributed by atoms with Gasteiger partial charge in [-0.05, 0) is 0 Å². The smallest absolute Gasteiger partial charge is 0.543 e. The minimum absolute atomic E-state index is 0. The van der Waals surface area contributed by atoms with Gasteiger partial charge >= 0.3 is 38.6 Å². The van der Waals surface area contributed by atoms with Crippen LogP contribution >= 0.6 is 105 Å². The van der Waals surface area contributed by atoms with Gasteiger partial charge < -0.3 is 29.7 Å². The number of hydrogen-bond acceptors (Lipinski definition) is 9. The average Bonchev–Trinajstić information content (AvgIpc) is 2.67. The number of nitrogens with zero attached hydrogens (tertiary/aromatic N) is 3. The summed E-state index contributed by atoms with van der Waals surface area (Å²) in [6.07, 6.45) is 0. The molecule has 0 aromatic rings. The third kappa shape index (κ3) is 6.97. The van der Waals surface area contributed by atoms with Crippen molar-refractivity contribution in [3.63, 3.8) is 0 Å². The van der Waals surface area contributed by atoms with E-state index in [0.717, 1.165) is 13.3 Å². The molecule has 3 aliphatic heterocycles. The first kappa shape index (κ1) is 31.9. The Kier molecular flexibility index (Phi) is 13.5. The minimum Gasteiger partial charge on any atom is -0.543 e. The van der Waals surface area contributed by atoms with Crippen molar-refractivity contribution in [3.8, 4) is 0 Å². The number of alkyl halides is 3. The van der Waals surface area contributed by atoms with E-state index in [1.165, 1.54) is 0 Å². The molecule has 3 aliphatic rings. The van der Waals surface area contributed by atoms with Crippen LogP contribution in [0.4, 0.5) is 0 Å². The molecule has 0 N–H and O–H groups in total. The monoisotopic (exact) mass is 759 g/mol. The van der Waals surface area contributed by atoms with Crippen LogP contribution in [0.5, 0.6) is 0 Å². The average molecular weight is 763 g/mol. The van der Waals surface area contributed by atoms with Crippen LogP contribution < -0.4 is 15.3 Å². The Bertz CT molecular complexity index is 759. The summed E-state index contributed by atoms with van der Waals surface area (Å²) in [5.41, 5.74) is -3.00. The third-order valence-corrected chi connectivity index (χ3v) is 7.25. The van der Waals surface area contributed by atoms with Crippen molar-refractivity contribution in [1.82, 2.24) is 13.3 Å². The van der Waals surface area contributed by atoms with Crippen molar-refractivity contribution >= 4 is 123 Å². The molecule has 0 amide bonds. The number of carbonyl (C=O) groups excluding carboxylic acids is 3. The second-order valence-corrected chi connectivity index (χ2v) is 8.45. The summed E-state index contributed by atoms with van der Waals surface area (Å²) >= 11 is 48.2. The maximum absolute atomic E-state index is 10.1. The number of carbonyl (C=O) groups is 3. The summed E-state index contributed by atoms with van der Waals surface area (Å²) < 4.78 is 2.41. The molecule has 19 heteroatoms. The van der Waals surface area contributed by atoms with E-state index in [2.05, 4.69) is 0 Å². The van der Waals surface area contributed by atoms with Gasteiger partial charge in [-0.1, -0.05) is 69.6 Å². The van der Waals surface area contributed by atoms with Crippen LogP contribution in [0, 0.1) is 38.6 Å². The molecule has 0 spiro atoms. The van der Waals surface area contributed by atoms with Crippen LogP contribution in [0.25, 0.3) is 0 Å². The second-order valence-electron chi connectivity index (χ2n) is 4.89. The summed E-state index contributed by atoms with van der Waals surface area (Å²) in [7, 11) is 0. The van der Waals surface area contributed by atoms with E-state index in [4.69, 9.17) is 105 Å². The zero-order chi connectivity index (χ0) is 23.7. The minimum atomic E-state index is -1.42. The van der Waals surface area contributed by atoms with E-state index in [1.807, 2.05) is 0 Å². The zero-order valence-corrected chi connectivity index (χ0v) is 22.7. The Morgan fingerprint density at radius 2 is 0.742 bits per heavy atom. The molecule has 174 valence electrons. The molecule has 0 aromatic carbocycles. The molecule has 0 aliphatic carbocycles. The Hall–Kier alpha value is 0.926. The number of aliphatic carboxylic acids is 3. The van der Waals surface area contributed by atoms with E-state index in [0.29, 0.717) is 0 Å². The molecule has 3 rings (SSSR count). The number of hydrogen-bond donors (Lipinski definition) is 0. The Labute approximate surface area is 250 Å². The first-order chi connectivity index (χ1) is 13.7. The number of halogens is 9. The van der Waals surface area contributed by atoms with Crippen molar-refractivity contribution in [2.75, 3.05) is 0 Å². The van der Waals surface area contributed by atoms with Crippen molar-refractivity contribution < 1.29 is 68.3 Å². The van der Waals surface area contributed by atoms with Crippen LogP contribution in [0.2, 0.25) is 0 Å². The topological polar surface area (TPSA) is 130 Å². The molecule has 0 fully saturated rings. The van der Waals surface area contributed by atoms with Crippen molar-refractivity contribution in [1.29, 1.82) is 0 Å². The molecule has 0 saturated heterocycles. The number of carboxylic acids is 3. The van der Waals surface area contributed by atoms with Crippen molar-refractivity contribution in [2.24, 2.45) is 0 Å². The summed E-state index contributed by atoms with van der Waals surface area (Å²) in [4.78, 5) is 30.3. The Balaban J connectivity index is 0.000000429. The van der Waals surface area contributed by atoms with Crippen molar-refractivity contribution in [3.05, 3.63) is 32.2 Å². The van der Waals surface area contributed by atoms with E-state index in [-0.39, 0.29) is 70.8 Å². The summed E-state index contributed by atoms with van der Waals surface area (Å²) in [5, 5.41) is 30.4. The van der Waals surface area contributed by atoms with Gasteiger partial charge in [0.15, 0.2) is 16.5 Å². The number of carboxylic acid groups (broad SMARTS) is 3. The predicted octanol–water partition coefficient (Wildman–Crippen LogP) is 0.663. The van der Waals surface area contributed by atoms with Crippen LogP contribution in [0.1, 0.15) is 0 Å². The second kappa shape index (κ2) is 13.1. The summed E-state index contributed by atoms with van der Waals surface area (Å²) in [5.74, 6) is -4.26. The molecular weight excluding hydrogens is 760 g/mol. The molecule has 3 atom stereocenters. The standard InChI is InChI=1S/3C4H2Cl3NO2.Tb/c3*5-1-2(4(9)10)8(7)3(1)6;/h3*3H,(H,9,10);/q;;;+3/p-3. The van der Waals surface area contributed by atoms with E-state index in [1.54, 1.807) is 0 Å². The first-order valence-electron chi connectivity index (χ1n) is 6.76. The SMILES string of the molecule is O=C([O-])C1=C(Cl)C(Cl)N1Cl.O=C([O-])C1=C(Cl)C(Cl)N1Cl.O=C([O-])C1=C(Cl)C(Cl)N1Cl.[Tb+3]. The summed E-state index contributed by atoms with van der Waals surface area (Å²) in [6.45, 7) is 0. The molecule has 31 heavy (non-hydrogen) atoms. The fourth-order valence-electron chi connectivity index (χ4n) is 1.64. The molecule has 0 saturated carbocycles. The van der Waals surface area contributed by atoms with E-state index >= 15 is 0 Å². The van der Waals surface area contributed by atoms with Crippen LogP contribution in [0.15, 0.2) is 32.2 Å². The fraction of sp³-hybridized carbons (Fsp3) is 0.250. The maximum atomic E-state index is 10.1. The van der Waals surface area contributed by atoms with Crippen molar-refractivity contribution in [2.45, 2.75) is 16.5 Å². The predicted molar refractivity (Wildman–Crippen MR) is 106 cm³/mol. The number of rotatable bonds is 3. The fourth-order valence-corrected chi connectivity index (χ4v) is 4.09. The van der Waals surface area contributed by atoms with E-state index in [9.17, 15) is 29.7 Å². The van der Waals surface area contributed by atoms with Gasteiger partial charge in [-0.3, -0.25) is 13.3 Å². The molecule has 3 heterocycles. The van der Waals surface area contributed by atoms with Gasteiger partial charge in [0.25, 0.3) is 0 Å². The normalized spacial score (nSPS) is 23.9. The van der Waals surface area contributed by atoms with Gasteiger partial charge in [0.2, 0.25) is 0 Å². The van der Waals surface area contributed by atoms with Gasteiger partial charge in [-0.2, -0.15) is 0 Å². The van der Waals surface area contributed by atoms with E-state index < -0.39 is 34.4 Å². The van der Waals surface area contributed by atoms with Gasteiger partial charge in [0.1, 0.15) is 0 Å². The Morgan fingerprint density at radius 3 is 0.806 bits per heavy atom. The van der Waals surface area contributed by atoms with Gasteiger partial charge in [-0.15, -0.1) is 0 Å². The van der Waals surface area contributed by atoms with Gasteiger partial charge in [0.05, 0.1) is 50.1 Å². The van der Waals surface area contributed by atoms with Crippen LogP contribution in [-0.2, 0) is 14.4 Å².